The second-order valence-electron chi connectivity index (χ2n) is 5.23. The first-order chi connectivity index (χ1) is 9.65. The molecule has 0 saturated heterocycles. The van der Waals surface area contributed by atoms with Crippen LogP contribution in [0.1, 0.15) is 39.5 Å². The Kier molecular flexibility index (Phi) is 3.26. The Hall–Kier alpha value is -2.16. The third-order valence-electron chi connectivity index (χ3n) is 3.87. The molecule has 0 fully saturated rings. The molecule has 1 N–H and O–H groups in total. The monoisotopic (exact) mass is 269 g/mol. The molecule has 0 aliphatic heterocycles. The van der Waals surface area contributed by atoms with E-state index in [1.165, 1.54) is 17.2 Å². The molecule has 1 amide bonds. The zero-order valence-electron chi connectivity index (χ0n) is 11.3. The van der Waals surface area contributed by atoms with Gasteiger partial charge in [0.1, 0.15) is 5.82 Å². The molecule has 1 atom stereocenters. The van der Waals surface area contributed by atoms with E-state index >= 15 is 0 Å². The Balaban J connectivity index is 1.79. The Bertz CT molecular complexity index is 666. The summed E-state index contributed by atoms with van der Waals surface area (Å²) in [4.78, 5) is 12.2. The molecular weight excluding hydrogens is 253 g/mol. The van der Waals surface area contributed by atoms with Crippen molar-refractivity contribution in [1.29, 1.82) is 0 Å². The number of hydrogen-bond donors (Lipinski definition) is 1. The Labute approximate surface area is 117 Å². The molecule has 2 aromatic carbocycles. The van der Waals surface area contributed by atoms with E-state index in [1.807, 2.05) is 18.2 Å². The number of halogens is 1. The number of carbonyl (C=O) groups is 1. The average molecular weight is 269 g/mol. The summed E-state index contributed by atoms with van der Waals surface area (Å²) < 4.78 is 13.5. The number of nitrogens with one attached hydrogen (secondary N) is 1. The summed E-state index contributed by atoms with van der Waals surface area (Å²) in [5.41, 5.74) is 3.38. The first kappa shape index (κ1) is 12.9. The van der Waals surface area contributed by atoms with Crippen LogP contribution in [0.3, 0.4) is 0 Å². The summed E-state index contributed by atoms with van der Waals surface area (Å²) in [5.74, 6) is -0.560. The van der Waals surface area contributed by atoms with Crippen molar-refractivity contribution in [2.45, 2.75) is 25.8 Å². The summed E-state index contributed by atoms with van der Waals surface area (Å²) in [6, 6.07) is 12.7. The van der Waals surface area contributed by atoms with Gasteiger partial charge in [0.2, 0.25) is 0 Å². The fourth-order valence-electron chi connectivity index (χ4n) is 2.68. The molecule has 0 aromatic heterocycles. The molecular formula is C17H16FNO. The molecule has 2 nitrogen and oxygen atoms in total. The maximum Gasteiger partial charge on any atom is 0.251 e. The first-order valence-corrected chi connectivity index (χ1v) is 6.80. The lowest BCUT2D eigenvalue weighted by atomic mass is 10.1. The summed E-state index contributed by atoms with van der Waals surface area (Å²) in [5, 5.41) is 2.99. The number of hydrogen-bond acceptors (Lipinski definition) is 1. The highest BCUT2D eigenvalue weighted by molar-refractivity contribution is 5.94. The Morgan fingerprint density at radius 2 is 2.05 bits per heavy atom. The van der Waals surface area contributed by atoms with E-state index in [-0.39, 0.29) is 17.8 Å². The predicted molar refractivity (Wildman–Crippen MR) is 76.1 cm³/mol. The molecule has 0 saturated carbocycles. The van der Waals surface area contributed by atoms with Crippen molar-refractivity contribution in [2.24, 2.45) is 0 Å². The van der Waals surface area contributed by atoms with Crippen LogP contribution in [0.4, 0.5) is 4.39 Å². The van der Waals surface area contributed by atoms with Crippen LogP contribution >= 0.6 is 0 Å². The van der Waals surface area contributed by atoms with Gasteiger partial charge < -0.3 is 5.32 Å². The van der Waals surface area contributed by atoms with Crippen LogP contribution in [-0.2, 0) is 6.42 Å². The molecule has 0 unspecified atom stereocenters. The highest BCUT2D eigenvalue weighted by Crippen LogP contribution is 2.30. The number of rotatable bonds is 2. The minimum atomic E-state index is -0.343. The Morgan fingerprint density at radius 3 is 2.85 bits per heavy atom. The lowest BCUT2D eigenvalue weighted by Gasteiger charge is -2.14. The lowest BCUT2D eigenvalue weighted by Crippen LogP contribution is -2.27. The number of aryl methyl sites for hydroxylation is 2. The fourth-order valence-corrected chi connectivity index (χ4v) is 2.68. The van der Waals surface area contributed by atoms with Crippen molar-refractivity contribution < 1.29 is 9.18 Å². The predicted octanol–water partition coefficient (Wildman–Crippen LogP) is 3.55. The van der Waals surface area contributed by atoms with Gasteiger partial charge in [-0.1, -0.05) is 30.3 Å². The van der Waals surface area contributed by atoms with Crippen LogP contribution < -0.4 is 5.32 Å². The second kappa shape index (κ2) is 5.08. The van der Waals surface area contributed by atoms with Gasteiger partial charge >= 0.3 is 0 Å². The molecule has 0 bridgehead atoms. The number of fused-ring (bicyclic) bond motifs is 1. The van der Waals surface area contributed by atoms with E-state index in [0.29, 0.717) is 11.1 Å². The molecule has 20 heavy (non-hydrogen) atoms. The van der Waals surface area contributed by atoms with Crippen LogP contribution in [0.5, 0.6) is 0 Å². The minimum absolute atomic E-state index is 0.0306. The van der Waals surface area contributed by atoms with E-state index in [4.69, 9.17) is 0 Å². The Morgan fingerprint density at radius 1 is 1.25 bits per heavy atom. The van der Waals surface area contributed by atoms with Gasteiger partial charge in [0, 0.05) is 5.56 Å². The molecule has 0 radical (unpaired) electrons. The zero-order valence-corrected chi connectivity index (χ0v) is 11.3. The van der Waals surface area contributed by atoms with Gasteiger partial charge in [0.15, 0.2) is 0 Å². The molecule has 2 aromatic rings. The highest BCUT2D eigenvalue weighted by Gasteiger charge is 2.23. The van der Waals surface area contributed by atoms with Crippen molar-refractivity contribution in [1.82, 2.24) is 5.32 Å². The van der Waals surface area contributed by atoms with E-state index in [0.717, 1.165) is 12.8 Å². The van der Waals surface area contributed by atoms with Crippen molar-refractivity contribution >= 4 is 5.91 Å². The molecule has 3 heteroatoms. The summed E-state index contributed by atoms with van der Waals surface area (Å²) in [7, 11) is 0. The van der Waals surface area contributed by atoms with Gasteiger partial charge in [-0.15, -0.1) is 0 Å². The van der Waals surface area contributed by atoms with Gasteiger partial charge in [-0.2, -0.15) is 0 Å². The van der Waals surface area contributed by atoms with Crippen LogP contribution in [0.15, 0.2) is 42.5 Å². The SMILES string of the molecule is Cc1ccc(C(=O)N[C@@H]2CCc3ccccc32)cc1F. The van der Waals surface area contributed by atoms with Gasteiger partial charge in [-0.3, -0.25) is 4.79 Å². The van der Waals surface area contributed by atoms with Crippen LogP contribution in [0.2, 0.25) is 0 Å². The average Bonchev–Trinajstić information content (AvgIpc) is 2.85. The molecule has 1 aliphatic carbocycles. The van der Waals surface area contributed by atoms with E-state index in [2.05, 4.69) is 11.4 Å². The van der Waals surface area contributed by atoms with E-state index in [1.54, 1.807) is 19.1 Å². The fraction of sp³-hybridized carbons (Fsp3) is 0.235. The van der Waals surface area contributed by atoms with E-state index < -0.39 is 0 Å². The van der Waals surface area contributed by atoms with Gasteiger partial charge in [-0.25, -0.2) is 4.39 Å². The smallest absolute Gasteiger partial charge is 0.251 e. The van der Waals surface area contributed by atoms with Crippen LogP contribution in [-0.4, -0.2) is 5.91 Å². The first-order valence-electron chi connectivity index (χ1n) is 6.80. The minimum Gasteiger partial charge on any atom is -0.345 e. The number of amides is 1. The standard InChI is InChI=1S/C17H16FNO/c1-11-6-7-13(10-15(11)18)17(20)19-16-9-8-12-4-2-3-5-14(12)16/h2-7,10,16H,8-9H2,1H3,(H,19,20)/t16-/m1/s1. The van der Waals surface area contributed by atoms with Crippen molar-refractivity contribution in [3.63, 3.8) is 0 Å². The van der Waals surface area contributed by atoms with Crippen molar-refractivity contribution in [2.75, 3.05) is 0 Å². The van der Waals surface area contributed by atoms with Crippen LogP contribution in [0.25, 0.3) is 0 Å². The highest BCUT2D eigenvalue weighted by atomic mass is 19.1. The quantitative estimate of drug-likeness (QED) is 0.887. The topological polar surface area (TPSA) is 29.1 Å². The van der Waals surface area contributed by atoms with Gasteiger partial charge in [0.25, 0.3) is 5.91 Å². The molecule has 102 valence electrons. The zero-order chi connectivity index (χ0) is 14.1. The molecule has 0 heterocycles. The summed E-state index contributed by atoms with van der Waals surface area (Å²) in [6.45, 7) is 1.68. The maximum absolute atomic E-state index is 13.5. The van der Waals surface area contributed by atoms with Crippen molar-refractivity contribution in [3.05, 3.63) is 70.5 Å². The van der Waals surface area contributed by atoms with Gasteiger partial charge in [-0.05, 0) is 48.6 Å². The second-order valence-corrected chi connectivity index (χ2v) is 5.23. The van der Waals surface area contributed by atoms with Crippen LogP contribution in [0, 0.1) is 12.7 Å². The number of benzene rings is 2. The summed E-state index contributed by atoms with van der Waals surface area (Å²) in [6.07, 6.45) is 1.88. The largest absolute Gasteiger partial charge is 0.345 e. The molecule has 0 spiro atoms. The van der Waals surface area contributed by atoms with Crippen molar-refractivity contribution in [3.8, 4) is 0 Å². The molecule has 3 rings (SSSR count). The molecule has 1 aliphatic rings. The van der Waals surface area contributed by atoms with Gasteiger partial charge in [0.05, 0.1) is 6.04 Å². The third kappa shape index (κ3) is 2.31. The normalized spacial score (nSPS) is 16.8. The summed E-state index contributed by atoms with van der Waals surface area (Å²) >= 11 is 0. The third-order valence-corrected chi connectivity index (χ3v) is 3.87. The lowest BCUT2D eigenvalue weighted by molar-refractivity contribution is 0.0936. The van der Waals surface area contributed by atoms with E-state index in [9.17, 15) is 9.18 Å². The number of carbonyl (C=O) groups excluding carboxylic acids is 1. The maximum atomic E-state index is 13.5.